The third-order valence-corrected chi connectivity index (χ3v) is 2.88. The summed E-state index contributed by atoms with van der Waals surface area (Å²) in [5, 5.41) is 8.84. The molecule has 96 valence electrons. The Labute approximate surface area is 103 Å². The first-order valence-electron chi connectivity index (χ1n) is 5.50. The summed E-state index contributed by atoms with van der Waals surface area (Å²) in [7, 11) is 1.59. The largest absolute Gasteiger partial charge is 0.481 e. The Balaban J connectivity index is 2.32. The molecule has 5 nitrogen and oxygen atoms in total. The van der Waals surface area contributed by atoms with Gasteiger partial charge in [0.25, 0.3) is 0 Å². The molecular formula is C12H13FN2O3. The van der Waals surface area contributed by atoms with Crippen molar-refractivity contribution < 1.29 is 19.1 Å². The zero-order valence-electron chi connectivity index (χ0n) is 9.84. The number of hydrogen-bond donors (Lipinski definition) is 1. The van der Waals surface area contributed by atoms with Crippen molar-refractivity contribution in [3.8, 4) is 0 Å². The maximum atomic E-state index is 13.2. The van der Waals surface area contributed by atoms with Gasteiger partial charge in [-0.25, -0.2) is 9.18 Å². The third-order valence-electron chi connectivity index (χ3n) is 2.88. The van der Waals surface area contributed by atoms with Gasteiger partial charge in [0, 0.05) is 19.3 Å². The summed E-state index contributed by atoms with van der Waals surface area (Å²) in [6.45, 7) is 0.321. The molecular weight excluding hydrogens is 239 g/mol. The number of amides is 2. The Hall–Kier alpha value is -2.11. The van der Waals surface area contributed by atoms with Crippen LogP contribution in [-0.4, -0.2) is 41.6 Å². The van der Waals surface area contributed by atoms with E-state index in [1.807, 2.05) is 0 Å². The van der Waals surface area contributed by atoms with Crippen LogP contribution in [0.3, 0.4) is 0 Å². The molecule has 1 heterocycles. The highest BCUT2D eigenvalue weighted by atomic mass is 19.1. The van der Waals surface area contributed by atoms with Crippen molar-refractivity contribution in [2.75, 3.05) is 18.5 Å². The van der Waals surface area contributed by atoms with Gasteiger partial charge in [0.15, 0.2) is 0 Å². The summed E-state index contributed by atoms with van der Waals surface area (Å²) in [6.07, 6.45) is -0.160. The molecule has 18 heavy (non-hydrogen) atoms. The lowest BCUT2D eigenvalue weighted by Crippen LogP contribution is -2.35. The van der Waals surface area contributed by atoms with Crippen molar-refractivity contribution in [2.24, 2.45) is 0 Å². The molecule has 1 unspecified atom stereocenters. The topological polar surface area (TPSA) is 60.9 Å². The number of aliphatic carboxylic acids is 1. The summed E-state index contributed by atoms with van der Waals surface area (Å²) in [6, 6.07) is 4.81. The number of anilines is 1. The number of halogens is 1. The van der Waals surface area contributed by atoms with Gasteiger partial charge in [-0.15, -0.1) is 0 Å². The average Bonchev–Trinajstić information content (AvgIpc) is 2.53. The smallest absolute Gasteiger partial charge is 0.324 e. The van der Waals surface area contributed by atoms with Gasteiger partial charge in [0.1, 0.15) is 5.82 Å². The molecule has 1 N–H and O–H groups in total. The van der Waals surface area contributed by atoms with Gasteiger partial charge in [-0.2, -0.15) is 0 Å². The molecule has 0 aliphatic carbocycles. The molecule has 0 radical (unpaired) electrons. The van der Waals surface area contributed by atoms with E-state index in [4.69, 9.17) is 5.11 Å². The van der Waals surface area contributed by atoms with E-state index in [-0.39, 0.29) is 12.5 Å². The standard InChI is InChI=1S/C12H13FN2O3/c1-14-7-10(6-11(16)17)15(12(14)18)9-4-2-3-8(13)5-9/h2-5,10H,6-7H2,1H3,(H,16,17). The normalized spacial score (nSPS) is 19.4. The lowest BCUT2D eigenvalue weighted by atomic mass is 10.1. The number of likely N-dealkylation sites (N-methyl/N-ethyl adjacent to an activating group) is 1. The van der Waals surface area contributed by atoms with Gasteiger partial charge in [-0.3, -0.25) is 9.69 Å². The van der Waals surface area contributed by atoms with E-state index in [1.54, 1.807) is 13.1 Å². The van der Waals surface area contributed by atoms with E-state index in [0.29, 0.717) is 12.2 Å². The summed E-state index contributed by atoms with van der Waals surface area (Å²) in [5.74, 6) is -1.44. The predicted octanol–water partition coefficient (Wildman–Crippen LogP) is 1.54. The molecule has 0 saturated carbocycles. The molecule has 1 aliphatic heterocycles. The van der Waals surface area contributed by atoms with Crippen molar-refractivity contribution in [3.05, 3.63) is 30.1 Å². The molecule has 1 aliphatic rings. The van der Waals surface area contributed by atoms with E-state index >= 15 is 0 Å². The summed E-state index contributed by atoms with van der Waals surface area (Å²) in [5.41, 5.74) is 0.385. The second-order valence-electron chi connectivity index (χ2n) is 4.26. The molecule has 6 heteroatoms. The van der Waals surface area contributed by atoms with Crippen LogP contribution in [0.5, 0.6) is 0 Å². The highest BCUT2D eigenvalue weighted by molar-refractivity contribution is 5.95. The van der Waals surface area contributed by atoms with Crippen LogP contribution >= 0.6 is 0 Å². The van der Waals surface area contributed by atoms with E-state index < -0.39 is 17.8 Å². The number of carbonyl (C=O) groups excluding carboxylic acids is 1. The number of urea groups is 1. The van der Waals surface area contributed by atoms with Crippen molar-refractivity contribution in [1.29, 1.82) is 0 Å². The molecule has 0 aromatic heterocycles. The number of carboxylic acid groups (broad SMARTS) is 1. The molecule has 1 aromatic carbocycles. The van der Waals surface area contributed by atoms with Crippen LogP contribution in [0.25, 0.3) is 0 Å². The quantitative estimate of drug-likeness (QED) is 0.887. The highest BCUT2D eigenvalue weighted by Crippen LogP contribution is 2.26. The van der Waals surface area contributed by atoms with Crippen molar-refractivity contribution in [2.45, 2.75) is 12.5 Å². The number of nitrogens with zero attached hydrogens (tertiary/aromatic N) is 2. The fourth-order valence-corrected chi connectivity index (χ4v) is 2.12. The minimum absolute atomic E-state index is 0.160. The van der Waals surface area contributed by atoms with Gasteiger partial charge in [0.2, 0.25) is 0 Å². The summed E-state index contributed by atoms with van der Waals surface area (Å²) >= 11 is 0. The second kappa shape index (κ2) is 4.64. The fourth-order valence-electron chi connectivity index (χ4n) is 2.12. The first kappa shape index (κ1) is 12.3. The van der Waals surface area contributed by atoms with Crippen LogP contribution in [0, 0.1) is 5.82 Å². The Morgan fingerprint density at radius 3 is 2.89 bits per heavy atom. The summed E-state index contributed by atoms with van der Waals surface area (Å²) in [4.78, 5) is 25.5. The van der Waals surface area contributed by atoms with Gasteiger partial charge >= 0.3 is 12.0 Å². The van der Waals surface area contributed by atoms with E-state index in [2.05, 4.69) is 0 Å². The number of hydrogen-bond acceptors (Lipinski definition) is 2. The molecule has 0 spiro atoms. The molecule has 2 amide bonds. The van der Waals surface area contributed by atoms with Gasteiger partial charge in [0.05, 0.1) is 12.5 Å². The Morgan fingerprint density at radius 2 is 2.28 bits per heavy atom. The molecule has 0 bridgehead atoms. The lowest BCUT2D eigenvalue weighted by Gasteiger charge is -2.21. The van der Waals surface area contributed by atoms with Crippen LogP contribution in [0.4, 0.5) is 14.9 Å². The van der Waals surface area contributed by atoms with E-state index in [9.17, 15) is 14.0 Å². The third kappa shape index (κ3) is 2.27. The van der Waals surface area contributed by atoms with Crippen LogP contribution in [0.15, 0.2) is 24.3 Å². The molecule has 1 saturated heterocycles. The Kier molecular flexibility index (Phi) is 3.18. The molecule has 1 fully saturated rings. The van der Waals surface area contributed by atoms with Gasteiger partial charge < -0.3 is 10.0 Å². The minimum atomic E-state index is -0.982. The Bertz CT molecular complexity index is 492. The monoisotopic (exact) mass is 252 g/mol. The highest BCUT2D eigenvalue weighted by Gasteiger charge is 2.37. The zero-order chi connectivity index (χ0) is 13.3. The first-order chi connectivity index (χ1) is 8.49. The van der Waals surface area contributed by atoms with Crippen LogP contribution in [0.2, 0.25) is 0 Å². The lowest BCUT2D eigenvalue weighted by molar-refractivity contribution is -0.137. The fraction of sp³-hybridized carbons (Fsp3) is 0.333. The van der Waals surface area contributed by atoms with Gasteiger partial charge in [-0.05, 0) is 18.2 Å². The average molecular weight is 252 g/mol. The predicted molar refractivity (Wildman–Crippen MR) is 62.9 cm³/mol. The Morgan fingerprint density at radius 1 is 1.56 bits per heavy atom. The maximum absolute atomic E-state index is 13.2. The van der Waals surface area contributed by atoms with Crippen molar-refractivity contribution in [1.82, 2.24) is 4.90 Å². The first-order valence-corrected chi connectivity index (χ1v) is 5.50. The minimum Gasteiger partial charge on any atom is -0.481 e. The van der Waals surface area contributed by atoms with Crippen LogP contribution in [0.1, 0.15) is 6.42 Å². The van der Waals surface area contributed by atoms with Gasteiger partial charge in [-0.1, -0.05) is 6.07 Å². The molecule has 1 atom stereocenters. The van der Waals surface area contributed by atoms with Crippen molar-refractivity contribution in [3.63, 3.8) is 0 Å². The number of carbonyl (C=O) groups is 2. The number of rotatable bonds is 3. The molecule has 1 aromatic rings. The summed E-state index contributed by atoms with van der Waals surface area (Å²) < 4.78 is 13.2. The second-order valence-corrected chi connectivity index (χ2v) is 4.26. The van der Waals surface area contributed by atoms with E-state index in [1.165, 1.54) is 28.0 Å². The number of carboxylic acids is 1. The van der Waals surface area contributed by atoms with E-state index in [0.717, 1.165) is 0 Å². The van der Waals surface area contributed by atoms with Crippen LogP contribution < -0.4 is 4.90 Å². The molecule has 2 rings (SSSR count). The van der Waals surface area contributed by atoms with Crippen LogP contribution in [-0.2, 0) is 4.79 Å². The maximum Gasteiger partial charge on any atom is 0.324 e. The SMILES string of the molecule is CN1CC(CC(=O)O)N(c2cccc(F)c2)C1=O. The number of benzene rings is 1. The van der Waals surface area contributed by atoms with Crippen molar-refractivity contribution >= 4 is 17.7 Å². The zero-order valence-corrected chi connectivity index (χ0v) is 9.84.